The van der Waals surface area contributed by atoms with Crippen molar-refractivity contribution in [3.63, 3.8) is 0 Å². The Hall–Kier alpha value is -2.63. The number of hydrogen-bond acceptors (Lipinski definition) is 8. The fraction of sp³-hybridized carbons (Fsp3) is 0.429. The number of cyclic esters (lactones) is 1. The Morgan fingerprint density at radius 3 is 2.78 bits per heavy atom. The van der Waals surface area contributed by atoms with Gasteiger partial charge in [0.15, 0.2) is 5.03 Å². The van der Waals surface area contributed by atoms with Crippen LogP contribution in [0.25, 0.3) is 11.1 Å². The number of ether oxygens (including phenoxy) is 2. The number of carbonyl (C=O) groups excluding carboxylic acids is 1. The van der Waals surface area contributed by atoms with Gasteiger partial charge in [-0.2, -0.15) is 8.68 Å². The molecule has 1 saturated heterocycles. The average molecular weight is 477 g/mol. The number of hydrogen-bond donors (Lipinski definition) is 0. The highest BCUT2D eigenvalue weighted by molar-refractivity contribution is 7.97. The molecule has 0 spiro atoms. The number of benzene rings is 1. The minimum absolute atomic E-state index is 0.176. The summed E-state index contributed by atoms with van der Waals surface area (Å²) in [6.45, 7) is 1.36. The summed E-state index contributed by atoms with van der Waals surface area (Å²) in [6, 6.07) is 5.43. The van der Waals surface area contributed by atoms with Crippen molar-refractivity contribution in [1.29, 1.82) is 0 Å². The predicted octanol–water partition coefficient (Wildman–Crippen LogP) is 0.894. The van der Waals surface area contributed by atoms with E-state index in [1.165, 1.54) is 15.8 Å². The van der Waals surface area contributed by atoms with Crippen LogP contribution in [0.4, 0.5) is 10.5 Å². The lowest BCUT2D eigenvalue weighted by Crippen LogP contribution is -2.52. The Labute approximate surface area is 190 Å². The van der Waals surface area contributed by atoms with Crippen molar-refractivity contribution < 1.29 is 22.7 Å². The average Bonchev–Trinajstić information content (AvgIpc) is 3.27. The van der Waals surface area contributed by atoms with E-state index in [0.29, 0.717) is 48.5 Å². The number of nitrogens with zero attached hydrogens (tertiary/aromatic N) is 4. The molecule has 1 aromatic heterocycles. The van der Waals surface area contributed by atoms with Gasteiger partial charge in [-0.1, -0.05) is 12.1 Å². The van der Waals surface area contributed by atoms with Crippen LogP contribution in [0.2, 0.25) is 0 Å². The Kier molecular flexibility index (Phi) is 5.34. The first-order chi connectivity index (χ1) is 15.4. The van der Waals surface area contributed by atoms with Gasteiger partial charge in [0, 0.05) is 43.5 Å². The SMILES string of the molecule is COc1cccc2c1N(C1CCN(S(=O)(=O)C3=c4cnsc4=CCN3C)CC1)C(=O)OC2. The van der Waals surface area contributed by atoms with E-state index in [2.05, 4.69) is 4.37 Å². The summed E-state index contributed by atoms with van der Waals surface area (Å²) in [5.74, 6) is 0.613. The third kappa shape index (κ3) is 3.35. The first-order valence-electron chi connectivity index (χ1n) is 10.4. The van der Waals surface area contributed by atoms with E-state index in [1.54, 1.807) is 30.2 Å². The zero-order valence-electron chi connectivity index (χ0n) is 17.9. The van der Waals surface area contributed by atoms with Crippen molar-refractivity contribution in [2.45, 2.75) is 25.5 Å². The first kappa shape index (κ1) is 21.2. The second-order valence-electron chi connectivity index (χ2n) is 8.02. The van der Waals surface area contributed by atoms with Crippen molar-refractivity contribution in [3.05, 3.63) is 39.7 Å². The topological polar surface area (TPSA) is 92.3 Å². The van der Waals surface area contributed by atoms with Gasteiger partial charge in [-0.3, -0.25) is 4.90 Å². The van der Waals surface area contributed by atoms with Crippen LogP contribution in [0.5, 0.6) is 5.75 Å². The molecule has 3 aliphatic heterocycles. The number of piperidine rings is 1. The molecular weight excluding hydrogens is 452 g/mol. The molecule has 0 atom stereocenters. The van der Waals surface area contributed by atoms with Gasteiger partial charge >= 0.3 is 6.09 Å². The lowest BCUT2D eigenvalue weighted by atomic mass is 10.0. The van der Waals surface area contributed by atoms with Gasteiger partial charge in [0.2, 0.25) is 0 Å². The van der Waals surface area contributed by atoms with Crippen LogP contribution in [0, 0.1) is 0 Å². The molecule has 11 heteroatoms. The monoisotopic (exact) mass is 476 g/mol. The van der Waals surface area contributed by atoms with E-state index in [9.17, 15) is 13.2 Å². The van der Waals surface area contributed by atoms with Crippen LogP contribution in [-0.2, 0) is 21.4 Å². The number of anilines is 1. The molecule has 0 bridgehead atoms. The van der Waals surface area contributed by atoms with Gasteiger partial charge in [-0.05, 0) is 36.5 Å². The molecule has 4 heterocycles. The molecule has 2 aromatic rings. The van der Waals surface area contributed by atoms with Crippen LogP contribution in [0.3, 0.4) is 0 Å². The van der Waals surface area contributed by atoms with Crippen molar-refractivity contribution >= 4 is 44.4 Å². The second-order valence-corrected chi connectivity index (χ2v) is 10.7. The molecule has 0 saturated carbocycles. The van der Waals surface area contributed by atoms with Gasteiger partial charge in [-0.25, -0.2) is 13.2 Å². The number of amides is 1. The molecule has 32 heavy (non-hydrogen) atoms. The molecule has 1 fully saturated rings. The minimum atomic E-state index is -3.70. The highest BCUT2D eigenvalue weighted by Crippen LogP contribution is 2.39. The Balaban J connectivity index is 1.42. The van der Waals surface area contributed by atoms with Crippen LogP contribution in [0.15, 0.2) is 24.4 Å². The van der Waals surface area contributed by atoms with Crippen molar-refractivity contribution in [2.24, 2.45) is 0 Å². The highest BCUT2D eigenvalue weighted by atomic mass is 32.2. The molecule has 0 radical (unpaired) electrons. The Morgan fingerprint density at radius 1 is 1.25 bits per heavy atom. The normalized spacial score (nSPS) is 19.8. The second kappa shape index (κ2) is 8.05. The van der Waals surface area contributed by atoms with Crippen LogP contribution < -0.4 is 19.4 Å². The fourth-order valence-corrected chi connectivity index (χ4v) is 7.20. The van der Waals surface area contributed by atoms with Crippen LogP contribution >= 0.6 is 11.5 Å². The van der Waals surface area contributed by atoms with Gasteiger partial charge in [0.05, 0.1) is 23.5 Å². The maximum absolute atomic E-state index is 13.5. The number of sulfonamides is 1. The molecule has 1 amide bonds. The zero-order chi connectivity index (χ0) is 22.5. The van der Waals surface area contributed by atoms with Gasteiger partial charge < -0.3 is 14.4 Å². The summed E-state index contributed by atoms with van der Waals surface area (Å²) in [7, 11) is -0.339. The molecule has 0 N–H and O–H groups in total. The quantitative estimate of drug-likeness (QED) is 0.647. The number of methoxy groups -OCH3 is 1. The molecule has 3 aliphatic rings. The van der Waals surface area contributed by atoms with Crippen LogP contribution in [0.1, 0.15) is 18.4 Å². The van der Waals surface area contributed by atoms with Gasteiger partial charge in [-0.15, -0.1) is 0 Å². The van der Waals surface area contributed by atoms with Crippen molar-refractivity contribution in [3.8, 4) is 5.75 Å². The molecule has 9 nitrogen and oxygen atoms in total. The summed E-state index contributed by atoms with van der Waals surface area (Å²) in [5.41, 5.74) is 1.60. The fourth-order valence-electron chi connectivity index (χ4n) is 4.62. The number of aromatic nitrogens is 1. The molecule has 0 aliphatic carbocycles. The third-order valence-corrected chi connectivity index (χ3v) is 9.05. The lowest BCUT2D eigenvalue weighted by molar-refractivity contribution is 0.135. The standard InChI is InChI=1S/C21H24N4O5S2/c1-23-9-8-18-16(12-22-31-18)20(23)32(27,28)24-10-6-15(7-11-24)25-19-14(13-30-21(25)26)4-3-5-17(19)29-2/h3-5,8,12,15H,6-7,9-11,13H2,1-2H3. The molecule has 5 rings (SSSR count). The van der Waals surface area contributed by atoms with Crippen molar-refractivity contribution in [1.82, 2.24) is 13.6 Å². The highest BCUT2D eigenvalue weighted by Gasteiger charge is 2.40. The number of para-hydroxylation sites is 1. The number of rotatable bonds is 4. The lowest BCUT2D eigenvalue weighted by Gasteiger charge is -2.40. The first-order valence-corrected chi connectivity index (χ1v) is 12.6. The molecule has 0 unspecified atom stereocenters. The summed E-state index contributed by atoms with van der Waals surface area (Å²) in [5, 5.41) is 0.954. The predicted molar refractivity (Wildman–Crippen MR) is 121 cm³/mol. The van der Waals surface area contributed by atoms with E-state index in [-0.39, 0.29) is 12.6 Å². The number of fused-ring (bicyclic) bond motifs is 2. The van der Waals surface area contributed by atoms with E-state index in [4.69, 9.17) is 9.47 Å². The summed E-state index contributed by atoms with van der Waals surface area (Å²) < 4.78 is 44.5. The Bertz CT molecular complexity index is 1270. The third-order valence-electron chi connectivity index (χ3n) is 6.19. The van der Waals surface area contributed by atoms with Crippen molar-refractivity contribution in [2.75, 3.05) is 38.7 Å². The summed E-state index contributed by atoms with van der Waals surface area (Å²) >= 11 is 1.30. The van der Waals surface area contributed by atoms with E-state index in [1.807, 2.05) is 24.3 Å². The maximum Gasteiger partial charge on any atom is 0.415 e. The summed E-state index contributed by atoms with van der Waals surface area (Å²) in [4.78, 5) is 16.1. The van der Waals surface area contributed by atoms with E-state index < -0.39 is 16.1 Å². The zero-order valence-corrected chi connectivity index (χ0v) is 19.5. The van der Waals surface area contributed by atoms with E-state index >= 15 is 0 Å². The Morgan fingerprint density at radius 2 is 2.03 bits per heavy atom. The molecule has 1 aromatic carbocycles. The van der Waals surface area contributed by atoms with Gasteiger partial charge in [0.25, 0.3) is 10.0 Å². The number of carbonyl (C=O) groups is 1. The molecular formula is C21H24N4O5S2. The summed E-state index contributed by atoms with van der Waals surface area (Å²) in [6.07, 6.45) is 4.20. The minimum Gasteiger partial charge on any atom is -0.495 e. The maximum atomic E-state index is 13.5. The van der Waals surface area contributed by atoms with Crippen LogP contribution in [-0.4, -0.2) is 67.9 Å². The van der Waals surface area contributed by atoms with Gasteiger partial charge in [0.1, 0.15) is 12.4 Å². The largest absolute Gasteiger partial charge is 0.495 e. The van der Waals surface area contributed by atoms with E-state index in [0.717, 1.165) is 15.8 Å². The molecule has 170 valence electrons. The smallest absolute Gasteiger partial charge is 0.415 e.